The molecule has 6 nitrogen and oxygen atoms in total. The van der Waals surface area contributed by atoms with Gasteiger partial charge in [0.1, 0.15) is 0 Å². The van der Waals surface area contributed by atoms with Gasteiger partial charge in [0.25, 0.3) is 5.91 Å². The second-order valence-corrected chi connectivity index (χ2v) is 6.57. The Labute approximate surface area is 123 Å². The Kier molecular flexibility index (Phi) is 3.11. The molecule has 112 valence electrons. The first-order valence-electron chi connectivity index (χ1n) is 7.11. The van der Waals surface area contributed by atoms with Gasteiger partial charge in [0.2, 0.25) is 5.76 Å². The Hall–Kier alpha value is -2.11. The van der Waals surface area contributed by atoms with Gasteiger partial charge in [-0.1, -0.05) is 19.0 Å². The minimum atomic E-state index is -0.229. The first kappa shape index (κ1) is 13.9. The van der Waals surface area contributed by atoms with Crippen molar-refractivity contribution in [1.82, 2.24) is 20.3 Å². The van der Waals surface area contributed by atoms with Crippen LogP contribution in [0, 0.1) is 12.3 Å². The van der Waals surface area contributed by atoms with Crippen molar-refractivity contribution in [2.45, 2.75) is 39.7 Å². The highest BCUT2D eigenvalue weighted by Gasteiger charge is 2.35. The molecular weight excluding hydrogens is 268 g/mol. The van der Waals surface area contributed by atoms with Crippen LogP contribution in [0.5, 0.6) is 0 Å². The molecule has 1 unspecified atom stereocenters. The van der Waals surface area contributed by atoms with Gasteiger partial charge in [0, 0.05) is 24.4 Å². The van der Waals surface area contributed by atoms with Crippen LogP contribution in [-0.4, -0.2) is 20.8 Å². The largest absolute Gasteiger partial charge is 0.351 e. The molecule has 1 aliphatic rings. The second kappa shape index (κ2) is 4.72. The van der Waals surface area contributed by atoms with Gasteiger partial charge in [-0.05, 0) is 25.2 Å². The van der Waals surface area contributed by atoms with Gasteiger partial charge in [-0.15, -0.1) is 0 Å². The summed E-state index contributed by atoms with van der Waals surface area (Å²) < 4.78 is 6.93. The number of nitrogens with one attached hydrogen (secondary N) is 1. The Bertz CT molecular complexity index is 684. The Morgan fingerprint density at radius 1 is 1.52 bits per heavy atom. The number of carbonyl (C=O) groups is 1. The predicted molar refractivity (Wildman–Crippen MR) is 76.8 cm³/mol. The van der Waals surface area contributed by atoms with Crippen LogP contribution in [0.15, 0.2) is 16.8 Å². The lowest BCUT2D eigenvalue weighted by Crippen LogP contribution is -2.36. The fraction of sp³-hybridized carbons (Fsp3) is 0.533. The van der Waals surface area contributed by atoms with E-state index in [2.05, 4.69) is 29.4 Å². The van der Waals surface area contributed by atoms with Crippen LogP contribution in [-0.2, 0) is 13.5 Å². The van der Waals surface area contributed by atoms with Gasteiger partial charge in [-0.25, -0.2) is 0 Å². The van der Waals surface area contributed by atoms with Crippen molar-refractivity contribution in [3.05, 3.63) is 35.0 Å². The van der Waals surface area contributed by atoms with E-state index in [0.29, 0.717) is 5.69 Å². The molecule has 2 aromatic rings. The highest BCUT2D eigenvalue weighted by atomic mass is 16.5. The molecule has 21 heavy (non-hydrogen) atoms. The quantitative estimate of drug-likeness (QED) is 0.919. The summed E-state index contributed by atoms with van der Waals surface area (Å²) in [6.45, 7) is 6.21. The van der Waals surface area contributed by atoms with E-state index in [-0.39, 0.29) is 23.1 Å². The number of amides is 1. The molecule has 0 spiro atoms. The molecule has 0 bridgehead atoms. The van der Waals surface area contributed by atoms with Gasteiger partial charge in [-0.3, -0.25) is 9.48 Å². The number of aryl methyl sites for hydroxylation is 2. The summed E-state index contributed by atoms with van der Waals surface area (Å²) in [6.07, 6.45) is 3.69. The van der Waals surface area contributed by atoms with E-state index in [4.69, 9.17) is 4.52 Å². The number of hydrogen-bond donors (Lipinski definition) is 1. The molecule has 1 amide bonds. The van der Waals surface area contributed by atoms with Gasteiger partial charge >= 0.3 is 0 Å². The van der Waals surface area contributed by atoms with Crippen molar-refractivity contribution in [3.63, 3.8) is 0 Å². The zero-order valence-corrected chi connectivity index (χ0v) is 12.8. The molecule has 0 aliphatic heterocycles. The average Bonchev–Trinajstić information content (AvgIpc) is 2.96. The third kappa shape index (κ3) is 2.57. The Morgan fingerprint density at radius 2 is 2.29 bits per heavy atom. The lowest BCUT2D eigenvalue weighted by Gasteiger charge is -2.35. The maximum absolute atomic E-state index is 12.3. The van der Waals surface area contributed by atoms with Crippen molar-refractivity contribution in [2.24, 2.45) is 12.5 Å². The van der Waals surface area contributed by atoms with Crippen LogP contribution in [0.1, 0.15) is 53.8 Å². The van der Waals surface area contributed by atoms with Crippen molar-refractivity contribution in [1.29, 1.82) is 0 Å². The summed E-state index contributed by atoms with van der Waals surface area (Å²) in [5, 5.41) is 11.1. The van der Waals surface area contributed by atoms with Gasteiger partial charge in [0.05, 0.1) is 17.9 Å². The molecule has 1 aliphatic carbocycles. The van der Waals surface area contributed by atoms with Crippen LogP contribution in [0.4, 0.5) is 0 Å². The SMILES string of the molecule is Cc1cc(C(=O)NC2CC(C)(C)Cc3c2cnn3C)on1. The molecule has 0 saturated carbocycles. The summed E-state index contributed by atoms with van der Waals surface area (Å²) in [4.78, 5) is 12.3. The smallest absolute Gasteiger partial charge is 0.290 e. The fourth-order valence-corrected chi connectivity index (χ4v) is 3.00. The zero-order chi connectivity index (χ0) is 15.2. The van der Waals surface area contributed by atoms with E-state index in [9.17, 15) is 4.79 Å². The molecule has 0 aromatic carbocycles. The third-order valence-electron chi connectivity index (χ3n) is 4.03. The molecule has 1 N–H and O–H groups in total. The maximum atomic E-state index is 12.3. The minimum Gasteiger partial charge on any atom is -0.351 e. The maximum Gasteiger partial charge on any atom is 0.290 e. The van der Waals surface area contributed by atoms with E-state index in [1.165, 1.54) is 5.69 Å². The van der Waals surface area contributed by atoms with Gasteiger partial charge in [-0.2, -0.15) is 5.10 Å². The number of rotatable bonds is 2. The zero-order valence-electron chi connectivity index (χ0n) is 12.8. The highest BCUT2D eigenvalue weighted by molar-refractivity contribution is 5.91. The summed E-state index contributed by atoms with van der Waals surface area (Å²) in [5.41, 5.74) is 3.11. The van der Waals surface area contributed by atoms with E-state index < -0.39 is 0 Å². The number of fused-ring (bicyclic) bond motifs is 1. The summed E-state index contributed by atoms with van der Waals surface area (Å²) in [5.74, 6) is 0.0226. The van der Waals surface area contributed by atoms with Crippen molar-refractivity contribution >= 4 is 5.91 Å². The molecule has 0 radical (unpaired) electrons. The van der Waals surface area contributed by atoms with Crippen molar-refractivity contribution < 1.29 is 9.32 Å². The van der Waals surface area contributed by atoms with E-state index in [1.807, 2.05) is 17.9 Å². The first-order chi connectivity index (χ1) is 9.85. The van der Waals surface area contributed by atoms with Crippen molar-refractivity contribution in [3.8, 4) is 0 Å². The number of hydrogen-bond acceptors (Lipinski definition) is 4. The number of aromatic nitrogens is 3. The molecule has 0 saturated heterocycles. The molecule has 2 aromatic heterocycles. The molecule has 6 heteroatoms. The van der Waals surface area contributed by atoms with Crippen LogP contribution in [0.25, 0.3) is 0 Å². The average molecular weight is 288 g/mol. The molecule has 2 heterocycles. The van der Waals surface area contributed by atoms with Gasteiger partial charge < -0.3 is 9.84 Å². The van der Waals surface area contributed by atoms with Crippen LogP contribution in [0.2, 0.25) is 0 Å². The Balaban J connectivity index is 1.86. The fourth-order valence-electron chi connectivity index (χ4n) is 3.00. The van der Waals surface area contributed by atoms with E-state index in [0.717, 1.165) is 18.4 Å². The number of carbonyl (C=O) groups excluding carboxylic acids is 1. The molecule has 0 fully saturated rings. The predicted octanol–water partition coefficient (Wildman–Crippen LogP) is 2.16. The highest BCUT2D eigenvalue weighted by Crippen LogP contribution is 2.40. The Morgan fingerprint density at radius 3 is 2.95 bits per heavy atom. The normalized spacial score (nSPS) is 20.1. The monoisotopic (exact) mass is 288 g/mol. The summed E-state index contributed by atoms with van der Waals surface area (Å²) >= 11 is 0. The molecule has 1 atom stereocenters. The first-order valence-corrected chi connectivity index (χ1v) is 7.11. The van der Waals surface area contributed by atoms with Crippen LogP contribution >= 0.6 is 0 Å². The van der Waals surface area contributed by atoms with Crippen LogP contribution in [0.3, 0.4) is 0 Å². The van der Waals surface area contributed by atoms with E-state index in [1.54, 1.807) is 13.0 Å². The summed E-state index contributed by atoms with van der Waals surface area (Å²) in [6, 6.07) is 1.60. The van der Waals surface area contributed by atoms with Crippen molar-refractivity contribution in [2.75, 3.05) is 0 Å². The van der Waals surface area contributed by atoms with Gasteiger partial charge in [0.15, 0.2) is 0 Å². The minimum absolute atomic E-state index is 0.0460. The van der Waals surface area contributed by atoms with E-state index >= 15 is 0 Å². The lowest BCUT2D eigenvalue weighted by molar-refractivity contribution is 0.0881. The number of nitrogens with zero attached hydrogens (tertiary/aromatic N) is 3. The molecular formula is C15H20N4O2. The third-order valence-corrected chi connectivity index (χ3v) is 4.03. The van der Waals surface area contributed by atoms with Crippen LogP contribution < -0.4 is 5.32 Å². The summed E-state index contributed by atoms with van der Waals surface area (Å²) in [7, 11) is 1.94. The standard InChI is InChI=1S/C15H20N4O2/c1-9-5-13(21-18-9)14(20)17-11-6-15(2,3)7-12-10(11)8-16-19(12)4/h5,8,11H,6-7H2,1-4H3,(H,17,20). The lowest BCUT2D eigenvalue weighted by atomic mass is 9.74. The topological polar surface area (TPSA) is 73.0 Å². The second-order valence-electron chi connectivity index (χ2n) is 6.57. The molecule has 3 rings (SSSR count).